The van der Waals surface area contributed by atoms with E-state index in [2.05, 4.69) is 4.90 Å². The van der Waals surface area contributed by atoms with E-state index in [-0.39, 0.29) is 11.7 Å². The minimum Gasteiger partial charge on any atom is -0.493 e. The number of piperazine rings is 1. The first-order chi connectivity index (χ1) is 15.2. The molecule has 3 rings (SSSR count). The smallest absolute Gasteiger partial charge is 0.414 e. The van der Waals surface area contributed by atoms with Gasteiger partial charge in [-0.2, -0.15) is 0 Å². The predicted octanol–water partition coefficient (Wildman–Crippen LogP) is 1.96. The molecule has 32 heavy (non-hydrogen) atoms. The van der Waals surface area contributed by atoms with Crippen molar-refractivity contribution in [2.24, 2.45) is 0 Å². The molecule has 2 N–H and O–H groups in total. The maximum Gasteiger partial charge on any atom is 0.414 e. The van der Waals surface area contributed by atoms with Gasteiger partial charge < -0.3 is 24.6 Å². The van der Waals surface area contributed by atoms with Gasteiger partial charge in [-0.3, -0.25) is 9.69 Å². The van der Waals surface area contributed by atoms with E-state index < -0.39 is 11.9 Å². The van der Waals surface area contributed by atoms with Crippen LogP contribution in [-0.2, 0) is 16.1 Å². The molecule has 0 bridgehead atoms. The number of amides is 1. The van der Waals surface area contributed by atoms with Gasteiger partial charge in [0.05, 0.1) is 14.2 Å². The lowest BCUT2D eigenvalue weighted by atomic mass is 10.1. The molecule has 1 amide bonds. The molecule has 0 radical (unpaired) electrons. The van der Waals surface area contributed by atoms with Crippen LogP contribution in [0.4, 0.5) is 4.39 Å². The summed E-state index contributed by atoms with van der Waals surface area (Å²) < 4.78 is 23.6. The first kappa shape index (κ1) is 24.6. The number of hydrogen-bond donors (Lipinski definition) is 2. The number of carboxylic acids is 2. The number of ether oxygens (including phenoxy) is 2. The van der Waals surface area contributed by atoms with Crippen molar-refractivity contribution in [3.05, 3.63) is 59.4 Å². The van der Waals surface area contributed by atoms with Crippen molar-refractivity contribution in [1.82, 2.24) is 9.80 Å². The summed E-state index contributed by atoms with van der Waals surface area (Å²) in [5.74, 6) is -2.59. The van der Waals surface area contributed by atoms with Gasteiger partial charge in [-0.05, 0) is 42.0 Å². The van der Waals surface area contributed by atoms with Crippen molar-refractivity contribution in [2.75, 3.05) is 40.4 Å². The van der Waals surface area contributed by atoms with E-state index in [1.807, 2.05) is 23.1 Å². The fraction of sp³-hybridized carbons (Fsp3) is 0.318. The molecule has 0 spiro atoms. The topological polar surface area (TPSA) is 117 Å². The van der Waals surface area contributed by atoms with Gasteiger partial charge in [0.1, 0.15) is 5.82 Å². The van der Waals surface area contributed by atoms with E-state index in [1.165, 1.54) is 24.3 Å². The number of halogens is 1. The van der Waals surface area contributed by atoms with Crippen molar-refractivity contribution in [1.29, 1.82) is 0 Å². The normalized spacial score (nSPS) is 13.5. The van der Waals surface area contributed by atoms with Crippen LogP contribution in [0.25, 0.3) is 0 Å². The van der Waals surface area contributed by atoms with Crippen molar-refractivity contribution in [2.45, 2.75) is 6.54 Å². The summed E-state index contributed by atoms with van der Waals surface area (Å²) in [4.78, 5) is 34.8. The molecule has 1 aliphatic rings. The van der Waals surface area contributed by atoms with Crippen LogP contribution in [0.3, 0.4) is 0 Å². The second-order valence-corrected chi connectivity index (χ2v) is 6.87. The SMILES string of the molecule is COc1ccc(CN2CCN(C(=O)c3ccc(F)cc3)CC2)cc1OC.O=C(O)C(=O)O. The van der Waals surface area contributed by atoms with E-state index in [9.17, 15) is 9.18 Å². The third-order valence-corrected chi connectivity index (χ3v) is 4.79. The molecule has 1 heterocycles. The van der Waals surface area contributed by atoms with E-state index in [1.54, 1.807) is 14.2 Å². The fourth-order valence-electron chi connectivity index (χ4n) is 3.12. The number of carboxylic acid groups (broad SMARTS) is 2. The van der Waals surface area contributed by atoms with Crippen molar-refractivity contribution in [3.63, 3.8) is 0 Å². The number of carbonyl (C=O) groups is 3. The van der Waals surface area contributed by atoms with Crippen LogP contribution in [0.15, 0.2) is 42.5 Å². The van der Waals surface area contributed by atoms with E-state index >= 15 is 0 Å². The Kier molecular flexibility index (Phi) is 8.96. The van der Waals surface area contributed by atoms with Crippen molar-refractivity contribution in [3.8, 4) is 11.5 Å². The van der Waals surface area contributed by atoms with Crippen molar-refractivity contribution < 1.29 is 38.5 Å². The lowest BCUT2D eigenvalue weighted by Gasteiger charge is -2.34. The molecule has 0 aromatic heterocycles. The quantitative estimate of drug-likeness (QED) is 0.667. The molecule has 2 aromatic rings. The Bertz CT molecular complexity index is 930. The fourth-order valence-corrected chi connectivity index (χ4v) is 3.12. The first-order valence-corrected chi connectivity index (χ1v) is 9.69. The number of benzene rings is 2. The predicted molar refractivity (Wildman–Crippen MR) is 112 cm³/mol. The van der Waals surface area contributed by atoms with Crippen LogP contribution in [0.2, 0.25) is 0 Å². The standard InChI is InChI=1S/C20H23FN2O3.C2H2O4/c1-25-18-8-3-15(13-19(18)26-2)14-22-9-11-23(12-10-22)20(24)16-4-6-17(21)7-5-16;3-1(4)2(5)6/h3-8,13H,9-12,14H2,1-2H3;(H,3,4)(H,5,6). The van der Waals surface area contributed by atoms with E-state index in [0.29, 0.717) is 24.4 Å². The molecular weight excluding hydrogens is 423 g/mol. The summed E-state index contributed by atoms with van der Waals surface area (Å²) in [6.07, 6.45) is 0. The summed E-state index contributed by atoms with van der Waals surface area (Å²) in [5, 5.41) is 14.8. The van der Waals surface area contributed by atoms with Gasteiger partial charge in [-0.15, -0.1) is 0 Å². The van der Waals surface area contributed by atoms with Gasteiger partial charge in [0.15, 0.2) is 11.5 Å². The Morgan fingerprint density at radius 1 is 0.875 bits per heavy atom. The van der Waals surface area contributed by atoms with Crippen molar-refractivity contribution >= 4 is 17.8 Å². The minimum atomic E-state index is -1.82. The second kappa shape index (κ2) is 11.7. The molecule has 1 aliphatic heterocycles. The molecule has 10 heteroatoms. The molecule has 2 aromatic carbocycles. The number of aliphatic carboxylic acids is 2. The second-order valence-electron chi connectivity index (χ2n) is 6.87. The Labute approximate surface area is 184 Å². The molecule has 0 atom stereocenters. The van der Waals surface area contributed by atoms with Crippen LogP contribution in [0.5, 0.6) is 11.5 Å². The third kappa shape index (κ3) is 6.95. The van der Waals surface area contributed by atoms with Gasteiger partial charge in [-0.1, -0.05) is 6.07 Å². The number of methoxy groups -OCH3 is 2. The van der Waals surface area contributed by atoms with Gasteiger partial charge in [-0.25, -0.2) is 14.0 Å². The van der Waals surface area contributed by atoms with Crippen LogP contribution < -0.4 is 9.47 Å². The number of nitrogens with zero attached hydrogens (tertiary/aromatic N) is 2. The Hall–Kier alpha value is -3.66. The highest BCUT2D eigenvalue weighted by Gasteiger charge is 2.22. The van der Waals surface area contributed by atoms with Gasteiger partial charge in [0.25, 0.3) is 5.91 Å². The van der Waals surface area contributed by atoms with Gasteiger partial charge in [0, 0.05) is 38.3 Å². The Morgan fingerprint density at radius 3 is 1.94 bits per heavy atom. The Balaban J connectivity index is 0.000000534. The number of hydrogen-bond acceptors (Lipinski definition) is 6. The zero-order valence-electron chi connectivity index (χ0n) is 17.8. The molecular formula is C22H25FN2O7. The minimum absolute atomic E-state index is 0.0456. The summed E-state index contributed by atoms with van der Waals surface area (Å²) >= 11 is 0. The largest absolute Gasteiger partial charge is 0.493 e. The zero-order valence-corrected chi connectivity index (χ0v) is 17.8. The number of rotatable bonds is 5. The van der Waals surface area contributed by atoms with Crippen LogP contribution in [0.1, 0.15) is 15.9 Å². The molecule has 0 unspecified atom stereocenters. The average Bonchev–Trinajstić information content (AvgIpc) is 2.80. The highest BCUT2D eigenvalue weighted by atomic mass is 19.1. The van der Waals surface area contributed by atoms with E-state index in [0.717, 1.165) is 30.9 Å². The molecule has 1 fully saturated rings. The monoisotopic (exact) mass is 448 g/mol. The van der Waals surface area contributed by atoms with E-state index in [4.69, 9.17) is 29.3 Å². The lowest BCUT2D eigenvalue weighted by Crippen LogP contribution is -2.48. The summed E-state index contributed by atoms with van der Waals surface area (Å²) in [5.41, 5.74) is 1.67. The van der Waals surface area contributed by atoms with Crippen LogP contribution in [-0.4, -0.2) is 78.3 Å². The summed E-state index contributed by atoms with van der Waals surface area (Å²) in [7, 11) is 3.25. The lowest BCUT2D eigenvalue weighted by molar-refractivity contribution is -0.159. The van der Waals surface area contributed by atoms with Crippen LogP contribution in [0, 0.1) is 5.82 Å². The Morgan fingerprint density at radius 2 is 1.44 bits per heavy atom. The summed E-state index contributed by atoms with van der Waals surface area (Å²) in [6, 6.07) is 11.6. The van der Waals surface area contributed by atoms with Gasteiger partial charge in [0.2, 0.25) is 0 Å². The molecule has 172 valence electrons. The highest BCUT2D eigenvalue weighted by molar-refractivity contribution is 6.27. The number of carbonyl (C=O) groups excluding carboxylic acids is 1. The molecule has 1 saturated heterocycles. The van der Waals surface area contributed by atoms with Gasteiger partial charge >= 0.3 is 11.9 Å². The molecule has 0 saturated carbocycles. The molecule has 9 nitrogen and oxygen atoms in total. The van der Waals surface area contributed by atoms with Crippen LogP contribution >= 0.6 is 0 Å². The average molecular weight is 448 g/mol. The highest BCUT2D eigenvalue weighted by Crippen LogP contribution is 2.28. The maximum atomic E-state index is 13.0. The summed E-state index contributed by atoms with van der Waals surface area (Å²) in [6.45, 7) is 3.69. The maximum absolute atomic E-state index is 13.0. The first-order valence-electron chi connectivity index (χ1n) is 9.69. The molecule has 0 aliphatic carbocycles. The zero-order chi connectivity index (χ0) is 23.7. The third-order valence-electron chi connectivity index (χ3n) is 4.79.